The molecule has 0 unspecified atom stereocenters. The number of aromatic nitrogens is 2. The van der Waals surface area contributed by atoms with Crippen molar-refractivity contribution in [3.05, 3.63) is 11.7 Å². The van der Waals surface area contributed by atoms with Crippen molar-refractivity contribution >= 4 is 5.97 Å². The number of rotatable bonds is 2. The van der Waals surface area contributed by atoms with Gasteiger partial charge in [0.15, 0.2) is 5.82 Å². The van der Waals surface area contributed by atoms with Crippen LogP contribution >= 0.6 is 0 Å². The Morgan fingerprint density at radius 3 is 2.56 bits per heavy atom. The average molecular weight is 224 g/mol. The molecule has 0 radical (unpaired) electrons. The summed E-state index contributed by atoms with van der Waals surface area (Å²) >= 11 is 0. The molecule has 1 aromatic heterocycles. The highest BCUT2D eigenvalue weighted by atomic mass is 16.5. The Balaban J connectivity index is 1.92. The first-order chi connectivity index (χ1) is 7.70. The smallest absolute Gasteiger partial charge is 0.308 e. The quantitative estimate of drug-likeness (QED) is 0.717. The molecule has 1 saturated carbocycles. The third-order valence-corrected chi connectivity index (χ3v) is 3.15. The number of hydrogen-bond acceptors (Lipinski definition) is 5. The Labute approximate surface area is 94.2 Å². The topological polar surface area (TPSA) is 65.2 Å². The molecule has 88 valence electrons. The van der Waals surface area contributed by atoms with Gasteiger partial charge in [0, 0.05) is 5.92 Å². The molecule has 0 aliphatic heterocycles. The number of nitrogens with zero attached hydrogens (tertiary/aromatic N) is 2. The van der Waals surface area contributed by atoms with Crippen molar-refractivity contribution in [2.45, 2.75) is 38.5 Å². The van der Waals surface area contributed by atoms with Gasteiger partial charge in [0.2, 0.25) is 5.89 Å². The summed E-state index contributed by atoms with van der Waals surface area (Å²) in [5, 5.41) is 3.78. The summed E-state index contributed by atoms with van der Waals surface area (Å²) in [5.41, 5.74) is 0. The number of methoxy groups -OCH3 is 1. The van der Waals surface area contributed by atoms with Gasteiger partial charge in [-0.1, -0.05) is 5.16 Å². The first-order valence-corrected chi connectivity index (χ1v) is 5.58. The van der Waals surface area contributed by atoms with E-state index in [0.717, 1.165) is 25.7 Å². The monoisotopic (exact) mass is 224 g/mol. The van der Waals surface area contributed by atoms with E-state index in [2.05, 4.69) is 10.1 Å². The van der Waals surface area contributed by atoms with E-state index in [0.29, 0.717) is 17.6 Å². The minimum Gasteiger partial charge on any atom is -0.469 e. The maximum atomic E-state index is 11.3. The van der Waals surface area contributed by atoms with Crippen molar-refractivity contribution < 1.29 is 14.1 Å². The molecular weight excluding hydrogens is 208 g/mol. The lowest BCUT2D eigenvalue weighted by atomic mass is 9.82. The molecular formula is C11H16N2O3. The van der Waals surface area contributed by atoms with Crippen molar-refractivity contribution in [3.63, 3.8) is 0 Å². The first-order valence-electron chi connectivity index (χ1n) is 5.58. The van der Waals surface area contributed by atoms with E-state index >= 15 is 0 Å². The second-order valence-electron chi connectivity index (χ2n) is 4.25. The van der Waals surface area contributed by atoms with E-state index in [9.17, 15) is 4.79 Å². The van der Waals surface area contributed by atoms with Gasteiger partial charge in [-0.3, -0.25) is 4.79 Å². The third kappa shape index (κ3) is 2.23. The average Bonchev–Trinajstić information content (AvgIpc) is 2.75. The van der Waals surface area contributed by atoms with Crippen molar-refractivity contribution in [1.82, 2.24) is 10.1 Å². The van der Waals surface area contributed by atoms with Gasteiger partial charge in [-0.15, -0.1) is 0 Å². The largest absolute Gasteiger partial charge is 0.469 e. The molecule has 1 aliphatic rings. The maximum Gasteiger partial charge on any atom is 0.308 e. The van der Waals surface area contributed by atoms with Gasteiger partial charge in [-0.25, -0.2) is 0 Å². The lowest BCUT2D eigenvalue weighted by Crippen LogP contribution is -2.22. The summed E-state index contributed by atoms with van der Waals surface area (Å²) in [6.07, 6.45) is 3.53. The fourth-order valence-corrected chi connectivity index (χ4v) is 2.22. The van der Waals surface area contributed by atoms with Crippen molar-refractivity contribution in [1.29, 1.82) is 0 Å². The number of carbonyl (C=O) groups is 1. The number of esters is 1. The summed E-state index contributed by atoms with van der Waals surface area (Å²) in [4.78, 5) is 15.6. The molecule has 0 N–H and O–H groups in total. The van der Waals surface area contributed by atoms with Crippen LogP contribution < -0.4 is 0 Å². The Morgan fingerprint density at radius 2 is 2.06 bits per heavy atom. The fourth-order valence-electron chi connectivity index (χ4n) is 2.22. The SMILES string of the molecule is COC(=O)C1CCC(c2nc(C)no2)CC1. The summed E-state index contributed by atoms with van der Waals surface area (Å²) < 4.78 is 9.89. The van der Waals surface area contributed by atoms with Crippen LogP contribution in [0.25, 0.3) is 0 Å². The number of hydrogen-bond donors (Lipinski definition) is 0. The molecule has 2 rings (SSSR count). The number of aryl methyl sites for hydroxylation is 1. The van der Waals surface area contributed by atoms with Gasteiger partial charge in [-0.2, -0.15) is 4.98 Å². The second kappa shape index (κ2) is 4.63. The number of carbonyl (C=O) groups excluding carboxylic acids is 1. The van der Waals surface area contributed by atoms with E-state index in [-0.39, 0.29) is 11.9 Å². The van der Waals surface area contributed by atoms with Crippen LogP contribution in [0.1, 0.15) is 43.3 Å². The number of ether oxygens (including phenoxy) is 1. The van der Waals surface area contributed by atoms with Gasteiger partial charge in [0.1, 0.15) is 0 Å². The van der Waals surface area contributed by atoms with Gasteiger partial charge >= 0.3 is 5.97 Å². The van der Waals surface area contributed by atoms with Crippen LogP contribution in [0.3, 0.4) is 0 Å². The van der Waals surface area contributed by atoms with Crippen LogP contribution in [0.15, 0.2) is 4.52 Å². The minimum absolute atomic E-state index is 0.0465. The lowest BCUT2D eigenvalue weighted by molar-refractivity contribution is -0.146. The Kier molecular flexibility index (Phi) is 3.22. The van der Waals surface area contributed by atoms with Gasteiger partial charge in [0.05, 0.1) is 13.0 Å². The van der Waals surface area contributed by atoms with Crippen LogP contribution in [-0.4, -0.2) is 23.2 Å². The molecule has 1 heterocycles. The normalized spacial score (nSPS) is 25.4. The summed E-state index contributed by atoms with van der Waals surface area (Å²) in [6, 6.07) is 0. The summed E-state index contributed by atoms with van der Waals surface area (Å²) in [7, 11) is 1.44. The zero-order chi connectivity index (χ0) is 11.5. The van der Waals surface area contributed by atoms with Gasteiger partial charge < -0.3 is 9.26 Å². The molecule has 0 spiro atoms. The maximum absolute atomic E-state index is 11.3. The molecule has 1 aliphatic carbocycles. The van der Waals surface area contributed by atoms with Crippen molar-refractivity contribution in [2.24, 2.45) is 5.92 Å². The molecule has 5 heteroatoms. The second-order valence-corrected chi connectivity index (χ2v) is 4.25. The fraction of sp³-hybridized carbons (Fsp3) is 0.727. The van der Waals surface area contributed by atoms with Gasteiger partial charge in [0.25, 0.3) is 0 Å². The molecule has 1 fully saturated rings. The highest BCUT2D eigenvalue weighted by Gasteiger charge is 2.30. The molecule has 1 aromatic rings. The predicted molar refractivity (Wildman–Crippen MR) is 55.8 cm³/mol. The standard InChI is InChI=1S/C11H16N2O3/c1-7-12-10(16-13-7)8-3-5-9(6-4-8)11(14)15-2/h8-9H,3-6H2,1-2H3. The van der Waals surface area contributed by atoms with E-state index < -0.39 is 0 Å². The molecule has 0 saturated heterocycles. The zero-order valence-corrected chi connectivity index (χ0v) is 9.60. The van der Waals surface area contributed by atoms with Crippen LogP contribution in [0.5, 0.6) is 0 Å². The van der Waals surface area contributed by atoms with Crippen molar-refractivity contribution in [2.75, 3.05) is 7.11 Å². The van der Waals surface area contributed by atoms with E-state index in [1.807, 2.05) is 6.92 Å². The molecule has 0 aromatic carbocycles. The Morgan fingerprint density at radius 1 is 1.38 bits per heavy atom. The Hall–Kier alpha value is -1.39. The lowest BCUT2D eigenvalue weighted by Gasteiger charge is -2.24. The highest BCUT2D eigenvalue weighted by Crippen LogP contribution is 2.35. The van der Waals surface area contributed by atoms with E-state index in [1.165, 1.54) is 7.11 Å². The molecule has 16 heavy (non-hydrogen) atoms. The van der Waals surface area contributed by atoms with Gasteiger partial charge in [-0.05, 0) is 32.6 Å². The zero-order valence-electron chi connectivity index (χ0n) is 9.60. The molecule has 5 nitrogen and oxygen atoms in total. The van der Waals surface area contributed by atoms with Crippen LogP contribution in [0.2, 0.25) is 0 Å². The Bertz CT molecular complexity index is 367. The summed E-state index contributed by atoms with van der Waals surface area (Å²) in [5.74, 6) is 1.64. The minimum atomic E-state index is -0.0971. The highest BCUT2D eigenvalue weighted by molar-refractivity contribution is 5.72. The molecule has 0 amide bonds. The first kappa shape index (κ1) is 11.1. The van der Waals surface area contributed by atoms with Crippen LogP contribution in [0.4, 0.5) is 0 Å². The van der Waals surface area contributed by atoms with E-state index in [1.54, 1.807) is 0 Å². The predicted octanol–water partition coefficient (Wildman–Crippen LogP) is 1.82. The molecule has 0 atom stereocenters. The van der Waals surface area contributed by atoms with E-state index in [4.69, 9.17) is 9.26 Å². The van der Waals surface area contributed by atoms with Crippen LogP contribution in [-0.2, 0) is 9.53 Å². The third-order valence-electron chi connectivity index (χ3n) is 3.15. The van der Waals surface area contributed by atoms with Crippen molar-refractivity contribution in [3.8, 4) is 0 Å². The summed E-state index contributed by atoms with van der Waals surface area (Å²) in [6.45, 7) is 1.81. The van der Waals surface area contributed by atoms with Crippen LogP contribution in [0, 0.1) is 12.8 Å². The molecule has 0 bridgehead atoms.